The molecule has 0 radical (unpaired) electrons. The van der Waals surface area contributed by atoms with E-state index in [-0.39, 0.29) is 30.7 Å². The molecule has 0 atom stereocenters. The van der Waals surface area contributed by atoms with Crippen LogP contribution in [0.1, 0.15) is 23.2 Å². The summed E-state index contributed by atoms with van der Waals surface area (Å²) in [5.41, 5.74) is 10.7. The van der Waals surface area contributed by atoms with Crippen molar-refractivity contribution in [2.75, 3.05) is 25.3 Å². The molecule has 0 fully saturated rings. The number of methoxy groups -OCH3 is 2. The number of nitrogens with two attached hydrogens (primary N) is 1. The van der Waals surface area contributed by atoms with Crippen molar-refractivity contribution in [1.82, 2.24) is 14.8 Å². The largest absolute Gasteiger partial charge is 0.495 e. The van der Waals surface area contributed by atoms with Crippen LogP contribution in [0.3, 0.4) is 0 Å². The van der Waals surface area contributed by atoms with Crippen LogP contribution in [0.15, 0.2) is 18.2 Å². The van der Waals surface area contributed by atoms with E-state index in [1.54, 1.807) is 37.1 Å². The van der Waals surface area contributed by atoms with E-state index in [4.69, 9.17) is 15.2 Å². The Kier molecular flexibility index (Phi) is 8.74. The number of aromatic nitrogens is 3. The number of benzene rings is 1. The molecule has 2 aromatic heterocycles. The van der Waals surface area contributed by atoms with Crippen molar-refractivity contribution in [3.8, 4) is 11.6 Å². The standard InChI is InChI=1S/C20H25N5O3.2ClH/c1-11-14(12(2)22-19-18(11)20(28-5)24-25(19)3)7-9-17(26)23-13-6-8-16(27-4)15(21)10-13;;/h6,8,10H,7,9,21H2,1-5H3,(H,23,26);2*1H. The van der Waals surface area contributed by atoms with Crippen molar-refractivity contribution in [1.29, 1.82) is 0 Å². The second kappa shape index (κ2) is 10.4. The van der Waals surface area contributed by atoms with E-state index >= 15 is 0 Å². The number of nitrogen functional groups attached to an aromatic ring is 1. The SMILES string of the molecule is COc1ccc(NC(=O)CCc2c(C)nc3c(c(OC)nn3C)c2C)cc1N.Cl.Cl. The number of halogens is 2. The lowest BCUT2D eigenvalue weighted by atomic mass is 10.00. The fraction of sp³-hybridized carbons (Fsp3) is 0.350. The molecule has 3 N–H and O–H groups in total. The van der Waals surface area contributed by atoms with Crippen LogP contribution in [-0.2, 0) is 18.3 Å². The Morgan fingerprint density at radius 1 is 1.20 bits per heavy atom. The van der Waals surface area contributed by atoms with Gasteiger partial charge in [-0.3, -0.25) is 4.79 Å². The first-order valence-electron chi connectivity index (χ1n) is 8.95. The smallest absolute Gasteiger partial charge is 0.242 e. The average Bonchev–Trinajstić information content (AvgIpc) is 2.97. The second-order valence-corrected chi connectivity index (χ2v) is 6.64. The summed E-state index contributed by atoms with van der Waals surface area (Å²) in [7, 11) is 4.98. The molecular formula is C20H27Cl2N5O3. The molecule has 10 heteroatoms. The summed E-state index contributed by atoms with van der Waals surface area (Å²) in [6.45, 7) is 3.96. The van der Waals surface area contributed by atoms with Crippen molar-refractivity contribution >= 4 is 53.1 Å². The maximum atomic E-state index is 12.4. The number of carbonyl (C=O) groups is 1. The van der Waals surface area contributed by atoms with E-state index in [2.05, 4.69) is 15.4 Å². The van der Waals surface area contributed by atoms with Gasteiger partial charge in [-0.15, -0.1) is 29.9 Å². The van der Waals surface area contributed by atoms with Gasteiger partial charge >= 0.3 is 0 Å². The normalized spacial score (nSPS) is 10.2. The highest BCUT2D eigenvalue weighted by molar-refractivity contribution is 5.92. The molecule has 1 amide bonds. The Morgan fingerprint density at radius 2 is 1.90 bits per heavy atom. The Balaban J connectivity index is 0.00000225. The number of hydrogen-bond donors (Lipinski definition) is 2. The van der Waals surface area contributed by atoms with Gasteiger partial charge in [0.25, 0.3) is 0 Å². The number of carbonyl (C=O) groups excluding carboxylic acids is 1. The van der Waals surface area contributed by atoms with Crippen LogP contribution in [-0.4, -0.2) is 34.9 Å². The molecule has 164 valence electrons. The number of ether oxygens (including phenoxy) is 2. The van der Waals surface area contributed by atoms with Crippen LogP contribution in [0, 0.1) is 13.8 Å². The number of anilines is 2. The van der Waals surface area contributed by atoms with E-state index in [0.717, 1.165) is 27.9 Å². The molecule has 0 saturated heterocycles. The Labute approximate surface area is 188 Å². The topological polar surface area (TPSA) is 104 Å². The number of hydrogen-bond acceptors (Lipinski definition) is 6. The van der Waals surface area contributed by atoms with Crippen LogP contribution in [0.4, 0.5) is 11.4 Å². The number of amides is 1. The molecule has 30 heavy (non-hydrogen) atoms. The Bertz CT molecular complexity index is 1050. The molecule has 3 rings (SSSR count). The van der Waals surface area contributed by atoms with Crippen molar-refractivity contribution in [3.05, 3.63) is 35.0 Å². The summed E-state index contributed by atoms with van der Waals surface area (Å²) < 4.78 is 12.2. The maximum absolute atomic E-state index is 12.4. The van der Waals surface area contributed by atoms with Crippen molar-refractivity contribution in [2.45, 2.75) is 26.7 Å². The quantitative estimate of drug-likeness (QED) is 0.550. The number of nitrogens with zero attached hydrogens (tertiary/aromatic N) is 3. The number of pyridine rings is 1. The molecule has 0 aliphatic heterocycles. The fourth-order valence-corrected chi connectivity index (χ4v) is 3.38. The van der Waals surface area contributed by atoms with Crippen LogP contribution in [0.2, 0.25) is 0 Å². The van der Waals surface area contributed by atoms with Gasteiger partial charge < -0.3 is 20.5 Å². The van der Waals surface area contributed by atoms with Gasteiger partial charge in [-0.2, -0.15) is 0 Å². The Morgan fingerprint density at radius 3 is 2.50 bits per heavy atom. The second-order valence-electron chi connectivity index (χ2n) is 6.64. The van der Waals surface area contributed by atoms with E-state index in [0.29, 0.717) is 35.8 Å². The fourth-order valence-electron chi connectivity index (χ4n) is 3.38. The third-order valence-electron chi connectivity index (χ3n) is 4.83. The summed E-state index contributed by atoms with van der Waals surface area (Å²) >= 11 is 0. The predicted molar refractivity (Wildman–Crippen MR) is 123 cm³/mol. The highest BCUT2D eigenvalue weighted by Crippen LogP contribution is 2.30. The molecule has 8 nitrogen and oxygen atoms in total. The summed E-state index contributed by atoms with van der Waals surface area (Å²) in [6.07, 6.45) is 0.888. The highest BCUT2D eigenvalue weighted by atomic mass is 35.5. The minimum atomic E-state index is -0.0957. The molecular weight excluding hydrogens is 429 g/mol. The van der Waals surface area contributed by atoms with Crippen molar-refractivity contribution in [2.24, 2.45) is 7.05 Å². The van der Waals surface area contributed by atoms with E-state index in [1.165, 1.54) is 0 Å². The lowest BCUT2D eigenvalue weighted by Gasteiger charge is -2.12. The molecule has 0 unspecified atom stereocenters. The Hall–Kier alpha value is -2.71. The van der Waals surface area contributed by atoms with Gasteiger partial charge in [0.1, 0.15) is 5.75 Å². The number of fused-ring (bicyclic) bond motifs is 1. The molecule has 2 heterocycles. The summed E-state index contributed by atoms with van der Waals surface area (Å²) in [6, 6.07) is 5.17. The molecule has 1 aromatic carbocycles. The zero-order valence-corrected chi connectivity index (χ0v) is 19.2. The van der Waals surface area contributed by atoms with Gasteiger partial charge in [0.2, 0.25) is 11.8 Å². The third-order valence-corrected chi connectivity index (χ3v) is 4.83. The predicted octanol–water partition coefficient (Wildman–Crippen LogP) is 3.60. The van der Waals surface area contributed by atoms with Gasteiger partial charge in [0, 0.05) is 24.8 Å². The molecule has 0 spiro atoms. The van der Waals surface area contributed by atoms with Gasteiger partial charge in [-0.1, -0.05) is 0 Å². The number of aryl methyl sites for hydroxylation is 3. The summed E-state index contributed by atoms with van der Waals surface area (Å²) in [5, 5.41) is 8.11. The van der Waals surface area contributed by atoms with E-state index in [1.807, 2.05) is 20.9 Å². The molecule has 0 saturated carbocycles. The number of nitrogens with one attached hydrogen (secondary N) is 1. The van der Waals surface area contributed by atoms with Crippen LogP contribution >= 0.6 is 24.8 Å². The minimum absolute atomic E-state index is 0. The highest BCUT2D eigenvalue weighted by Gasteiger charge is 2.18. The molecule has 0 bridgehead atoms. The van der Waals surface area contributed by atoms with Gasteiger partial charge in [-0.05, 0) is 49.6 Å². The average molecular weight is 456 g/mol. The monoisotopic (exact) mass is 455 g/mol. The van der Waals surface area contributed by atoms with E-state index < -0.39 is 0 Å². The van der Waals surface area contributed by atoms with Gasteiger partial charge in [0.15, 0.2) is 5.65 Å². The lowest BCUT2D eigenvalue weighted by molar-refractivity contribution is -0.116. The van der Waals surface area contributed by atoms with Crippen molar-refractivity contribution < 1.29 is 14.3 Å². The molecule has 0 aliphatic carbocycles. The third kappa shape index (κ3) is 4.88. The summed E-state index contributed by atoms with van der Waals surface area (Å²) in [5.74, 6) is 1.03. The van der Waals surface area contributed by atoms with Gasteiger partial charge in [-0.25, -0.2) is 9.67 Å². The minimum Gasteiger partial charge on any atom is -0.495 e. The maximum Gasteiger partial charge on any atom is 0.242 e. The first-order valence-corrected chi connectivity index (χ1v) is 8.95. The molecule has 0 aliphatic rings. The van der Waals surface area contributed by atoms with Crippen LogP contribution in [0.5, 0.6) is 11.6 Å². The lowest BCUT2D eigenvalue weighted by Crippen LogP contribution is -2.13. The first-order chi connectivity index (χ1) is 13.3. The van der Waals surface area contributed by atoms with Crippen LogP contribution < -0.4 is 20.5 Å². The zero-order chi connectivity index (χ0) is 20.4. The number of rotatable bonds is 6. The first kappa shape index (κ1) is 25.3. The summed E-state index contributed by atoms with van der Waals surface area (Å²) in [4.78, 5) is 17.1. The van der Waals surface area contributed by atoms with Crippen LogP contribution in [0.25, 0.3) is 11.0 Å². The zero-order valence-electron chi connectivity index (χ0n) is 17.6. The van der Waals surface area contributed by atoms with Gasteiger partial charge in [0.05, 0.1) is 25.3 Å². The van der Waals surface area contributed by atoms with Crippen molar-refractivity contribution in [3.63, 3.8) is 0 Å². The van der Waals surface area contributed by atoms with E-state index in [9.17, 15) is 4.79 Å². The molecule has 3 aromatic rings.